The summed E-state index contributed by atoms with van der Waals surface area (Å²) < 4.78 is 0. The van der Waals surface area contributed by atoms with Crippen LogP contribution in [0.3, 0.4) is 0 Å². The van der Waals surface area contributed by atoms with Crippen LogP contribution in [0.1, 0.15) is 27.2 Å². The van der Waals surface area contributed by atoms with Crippen molar-refractivity contribution in [3.63, 3.8) is 0 Å². The third-order valence-electron chi connectivity index (χ3n) is 3.04. The van der Waals surface area contributed by atoms with Gasteiger partial charge in [-0.3, -0.25) is 9.78 Å². The first-order chi connectivity index (χ1) is 9.70. The third-order valence-corrected chi connectivity index (χ3v) is 4.06. The van der Waals surface area contributed by atoms with Crippen LogP contribution in [0.5, 0.6) is 0 Å². The van der Waals surface area contributed by atoms with Crippen LogP contribution in [0.2, 0.25) is 0 Å². The number of benzene rings is 1. The number of aryl methyl sites for hydroxylation is 1. The molecule has 20 heavy (non-hydrogen) atoms. The van der Waals surface area contributed by atoms with E-state index in [1.165, 1.54) is 5.56 Å². The largest absolute Gasteiger partial charge is 0.355 e. The number of hydrogen-bond acceptors (Lipinski definition) is 3. The summed E-state index contributed by atoms with van der Waals surface area (Å²) in [5.41, 5.74) is 4.21. The standard InChI is InChI=1S/C16H18N2OS/c1-12-5-4-8-18-15(12)11-20-10-13-6-3-7-14(9-13)16(19)17-2/h3-9H,10-11H2,1-2H3,(H,17,19). The molecule has 1 heterocycles. The number of carbonyl (C=O) groups is 1. The smallest absolute Gasteiger partial charge is 0.251 e. The van der Waals surface area contributed by atoms with Gasteiger partial charge in [0.25, 0.3) is 5.91 Å². The van der Waals surface area contributed by atoms with Gasteiger partial charge in [0.15, 0.2) is 0 Å². The average Bonchev–Trinajstić information content (AvgIpc) is 2.49. The molecule has 4 heteroatoms. The van der Waals surface area contributed by atoms with Gasteiger partial charge in [-0.25, -0.2) is 0 Å². The minimum absolute atomic E-state index is 0.0441. The molecule has 0 aliphatic heterocycles. The normalized spacial score (nSPS) is 10.3. The molecule has 104 valence electrons. The molecule has 0 unspecified atom stereocenters. The monoisotopic (exact) mass is 286 g/mol. The summed E-state index contributed by atoms with van der Waals surface area (Å²) in [5.74, 6) is 1.72. The summed E-state index contributed by atoms with van der Waals surface area (Å²) in [6.45, 7) is 2.08. The van der Waals surface area contributed by atoms with Gasteiger partial charge in [0, 0.05) is 30.3 Å². The Morgan fingerprint density at radius 2 is 2.10 bits per heavy atom. The molecule has 0 bridgehead atoms. The zero-order chi connectivity index (χ0) is 14.4. The molecule has 0 spiro atoms. The molecule has 3 nitrogen and oxygen atoms in total. The molecule has 0 aliphatic carbocycles. The maximum absolute atomic E-state index is 11.6. The van der Waals surface area contributed by atoms with Gasteiger partial charge in [0.2, 0.25) is 0 Å². The Morgan fingerprint density at radius 1 is 1.25 bits per heavy atom. The first-order valence-electron chi connectivity index (χ1n) is 6.50. The number of rotatable bonds is 5. The van der Waals surface area contributed by atoms with Crippen LogP contribution in [0.25, 0.3) is 0 Å². The maximum Gasteiger partial charge on any atom is 0.251 e. The van der Waals surface area contributed by atoms with E-state index in [2.05, 4.69) is 23.3 Å². The molecule has 0 fully saturated rings. The van der Waals surface area contributed by atoms with Crippen molar-refractivity contribution in [2.75, 3.05) is 7.05 Å². The highest BCUT2D eigenvalue weighted by Crippen LogP contribution is 2.19. The van der Waals surface area contributed by atoms with Crippen molar-refractivity contribution in [2.45, 2.75) is 18.4 Å². The Balaban J connectivity index is 1.94. The second kappa shape index (κ2) is 7.10. The molecule has 0 atom stereocenters. The quantitative estimate of drug-likeness (QED) is 0.918. The van der Waals surface area contributed by atoms with Crippen LogP contribution in [-0.4, -0.2) is 17.9 Å². The highest BCUT2D eigenvalue weighted by atomic mass is 32.2. The summed E-state index contributed by atoms with van der Waals surface area (Å²) in [6, 6.07) is 11.8. The van der Waals surface area contributed by atoms with E-state index >= 15 is 0 Å². The topological polar surface area (TPSA) is 42.0 Å². The molecule has 0 saturated heterocycles. The molecule has 0 aliphatic rings. The molecule has 1 N–H and O–H groups in total. The van der Waals surface area contributed by atoms with Crippen LogP contribution in [0.4, 0.5) is 0 Å². The predicted octanol–water partition coefficient (Wildman–Crippen LogP) is 3.18. The predicted molar refractivity (Wildman–Crippen MR) is 83.8 cm³/mol. The highest BCUT2D eigenvalue weighted by molar-refractivity contribution is 7.97. The summed E-state index contributed by atoms with van der Waals surface area (Å²) in [5, 5.41) is 2.64. The van der Waals surface area contributed by atoms with E-state index in [0.717, 1.165) is 22.8 Å². The maximum atomic E-state index is 11.6. The summed E-state index contributed by atoms with van der Waals surface area (Å²) in [7, 11) is 1.65. The number of amides is 1. The van der Waals surface area contributed by atoms with Gasteiger partial charge in [0.1, 0.15) is 0 Å². The molecule has 0 saturated carbocycles. The molecule has 2 rings (SSSR count). The average molecular weight is 286 g/mol. The van der Waals surface area contributed by atoms with E-state index in [1.54, 1.807) is 7.05 Å². The van der Waals surface area contributed by atoms with Crippen LogP contribution in [-0.2, 0) is 11.5 Å². The first kappa shape index (κ1) is 14.6. The van der Waals surface area contributed by atoms with Crippen molar-refractivity contribution in [3.05, 3.63) is 65.0 Å². The minimum Gasteiger partial charge on any atom is -0.355 e. The number of nitrogens with zero attached hydrogens (tertiary/aromatic N) is 1. The van der Waals surface area contributed by atoms with Gasteiger partial charge in [-0.15, -0.1) is 0 Å². The van der Waals surface area contributed by atoms with E-state index < -0.39 is 0 Å². The van der Waals surface area contributed by atoms with Gasteiger partial charge in [-0.2, -0.15) is 11.8 Å². The van der Waals surface area contributed by atoms with Crippen LogP contribution >= 0.6 is 11.8 Å². The van der Waals surface area contributed by atoms with Gasteiger partial charge >= 0.3 is 0 Å². The zero-order valence-electron chi connectivity index (χ0n) is 11.7. The fourth-order valence-electron chi connectivity index (χ4n) is 1.88. The van der Waals surface area contributed by atoms with E-state index in [1.807, 2.05) is 48.3 Å². The number of carbonyl (C=O) groups excluding carboxylic acids is 1. The Kier molecular flexibility index (Phi) is 5.18. The van der Waals surface area contributed by atoms with Crippen molar-refractivity contribution in [3.8, 4) is 0 Å². The lowest BCUT2D eigenvalue weighted by Gasteiger charge is -2.06. The van der Waals surface area contributed by atoms with E-state index in [9.17, 15) is 4.79 Å². The summed E-state index contributed by atoms with van der Waals surface area (Å²) in [4.78, 5) is 16.0. The molecule has 0 radical (unpaired) electrons. The lowest BCUT2D eigenvalue weighted by molar-refractivity contribution is 0.0963. The molecule has 1 aromatic heterocycles. The van der Waals surface area contributed by atoms with Crippen molar-refractivity contribution in [2.24, 2.45) is 0 Å². The summed E-state index contributed by atoms with van der Waals surface area (Å²) >= 11 is 1.81. The SMILES string of the molecule is CNC(=O)c1cccc(CSCc2ncccc2C)c1. The number of pyridine rings is 1. The Hall–Kier alpha value is -1.81. The van der Waals surface area contributed by atoms with E-state index in [0.29, 0.717) is 5.56 Å². The Labute approximate surface area is 123 Å². The van der Waals surface area contributed by atoms with E-state index in [4.69, 9.17) is 0 Å². The fraction of sp³-hybridized carbons (Fsp3) is 0.250. The second-order valence-corrected chi connectivity index (χ2v) is 5.52. The lowest BCUT2D eigenvalue weighted by atomic mass is 10.1. The highest BCUT2D eigenvalue weighted by Gasteiger charge is 2.04. The number of aromatic nitrogens is 1. The van der Waals surface area contributed by atoms with Gasteiger partial charge in [-0.05, 0) is 36.2 Å². The first-order valence-corrected chi connectivity index (χ1v) is 7.65. The molecular weight excluding hydrogens is 268 g/mol. The third kappa shape index (κ3) is 3.84. The van der Waals surface area contributed by atoms with Gasteiger partial charge in [0.05, 0.1) is 5.69 Å². The van der Waals surface area contributed by atoms with E-state index in [-0.39, 0.29) is 5.91 Å². The lowest BCUT2D eigenvalue weighted by Crippen LogP contribution is -2.17. The number of hydrogen-bond donors (Lipinski definition) is 1. The van der Waals surface area contributed by atoms with Crippen LogP contribution in [0.15, 0.2) is 42.6 Å². The number of nitrogens with one attached hydrogen (secondary N) is 1. The number of thioether (sulfide) groups is 1. The van der Waals surface area contributed by atoms with Crippen LogP contribution < -0.4 is 5.32 Å². The molecule has 2 aromatic rings. The zero-order valence-corrected chi connectivity index (χ0v) is 12.5. The van der Waals surface area contributed by atoms with Crippen molar-refractivity contribution in [1.82, 2.24) is 10.3 Å². The Bertz CT molecular complexity index is 599. The van der Waals surface area contributed by atoms with Gasteiger partial charge < -0.3 is 5.32 Å². The van der Waals surface area contributed by atoms with Crippen LogP contribution in [0, 0.1) is 6.92 Å². The summed E-state index contributed by atoms with van der Waals surface area (Å²) in [6.07, 6.45) is 1.83. The fourth-order valence-corrected chi connectivity index (χ4v) is 2.89. The van der Waals surface area contributed by atoms with Crippen molar-refractivity contribution in [1.29, 1.82) is 0 Å². The Morgan fingerprint density at radius 3 is 2.85 bits per heavy atom. The van der Waals surface area contributed by atoms with Gasteiger partial charge in [-0.1, -0.05) is 18.2 Å². The van der Waals surface area contributed by atoms with Crippen molar-refractivity contribution >= 4 is 17.7 Å². The second-order valence-electron chi connectivity index (χ2n) is 4.54. The molecular formula is C16H18N2OS. The van der Waals surface area contributed by atoms with Crippen molar-refractivity contribution < 1.29 is 4.79 Å². The minimum atomic E-state index is -0.0441. The molecule has 1 aromatic carbocycles. The molecule has 1 amide bonds.